The van der Waals surface area contributed by atoms with Gasteiger partial charge in [0.1, 0.15) is 6.20 Å². The van der Waals surface area contributed by atoms with Crippen molar-refractivity contribution in [2.75, 3.05) is 11.9 Å². The van der Waals surface area contributed by atoms with Crippen molar-refractivity contribution in [2.24, 2.45) is 0 Å². The zero-order valence-corrected chi connectivity index (χ0v) is 6.03. The summed E-state index contributed by atoms with van der Waals surface area (Å²) >= 11 is 0. The lowest BCUT2D eigenvalue weighted by Crippen LogP contribution is -2.31. The quantitative estimate of drug-likeness (QED) is 0.384. The summed E-state index contributed by atoms with van der Waals surface area (Å²) in [5.41, 5.74) is 0. The highest BCUT2D eigenvalue weighted by Gasteiger charge is 1.99. The van der Waals surface area contributed by atoms with Gasteiger partial charge in [0.2, 0.25) is 0 Å². The van der Waals surface area contributed by atoms with E-state index in [1.807, 2.05) is 0 Å². The van der Waals surface area contributed by atoms with E-state index < -0.39 is 0 Å². The lowest BCUT2D eigenvalue weighted by molar-refractivity contribution is -0.593. The Hall–Kier alpha value is -1.58. The van der Waals surface area contributed by atoms with Gasteiger partial charge in [0.05, 0.1) is 12.7 Å². The second kappa shape index (κ2) is 3.55. The Morgan fingerprint density at radius 1 is 1.82 bits per heavy atom. The molecule has 1 N–H and O–H groups in total. The van der Waals surface area contributed by atoms with E-state index in [-0.39, 0.29) is 0 Å². The fourth-order valence-electron chi connectivity index (χ4n) is 0.645. The highest BCUT2D eigenvalue weighted by Crippen LogP contribution is 1.89. The number of aromatic nitrogens is 2. The van der Waals surface area contributed by atoms with E-state index in [0.29, 0.717) is 17.2 Å². The summed E-state index contributed by atoms with van der Waals surface area (Å²) in [7, 11) is 0. The molecule has 0 fully saturated rings. The molecule has 1 aromatic heterocycles. The monoisotopic (exact) mass is 151 g/mol. The van der Waals surface area contributed by atoms with Crippen LogP contribution < -0.4 is 10.0 Å². The molecule has 0 bridgehead atoms. The van der Waals surface area contributed by atoms with E-state index in [0.717, 1.165) is 0 Å². The molecule has 4 nitrogen and oxygen atoms in total. The number of hydrogen-bond donors (Lipinski definition) is 1. The molecule has 0 aliphatic heterocycles. The maximum atomic E-state index is 10.9. The Kier molecular flexibility index (Phi) is 2.43. The summed E-state index contributed by atoms with van der Waals surface area (Å²) in [5.74, 6) is 0.299. The predicted molar refractivity (Wildman–Crippen MR) is 41.9 cm³/mol. The Morgan fingerprint density at radius 3 is 3.27 bits per heavy atom. The Bertz CT molecular complexity index is 249. The van der Waals surface area contributed by atoms with Gasteiger partial charge in [0.15, 0.2) is 0 Å². The SMILES string of the molecule is C=CCNc1nccc[n+]1[O-]. The van der Waals surface area contributed by atoms with Crippen LogP contribution in [0.3, 0.4) is 0 Å². The van der Waals surface area contributed by atoms with Crippen LogP contribution in [0.2, 0.25) is 0 Å². The molecule has 0 aliphatic carbocycles. The third-order valence-corrected chi connectivity index (χ3v) is 1.12. The molecule has 0 saturated heterocycles. The van der Waals surface area contributed by atoms with Crippen LogP contribution in [-0.4, -0.2) is 11.5 Å². The standard InChI is InChI=1S/C7H9N3O/c1-2-4-8-7-9-5-3-6-10(7)11/h2-3,5-6H,1,4H2,(H,8,9). The first-order valence-corrected chi connectivity index (χ1v) is 3.23. The van der Waals surface area contributed by atoms with Gasteiger partial charge in [-0.05, 0) is 0 Å². The molecule has 58 valence electrons. The van der Waals surface area contributed by atoms with Crippen LogP contribution in [0.25, 0.3) is 0 Å². The molecule has 0 amide bonds. The third kappa shape index (κ3) is 1.93. The molecule has 0 saturated carbocycles. The average molecular weight is 151 g/mol. The minimum atomic E-state index is 0.299. The van der Waals surface area contributed by atoms with E-state index in [1.165, 1.54) is 6.20 Å². The Morgan fingerprint density at radius 2 is 2.64 bits per heavy atom. The zero-order chi connectivity index (χ0) is 8.10. The van der Waals surface area contributed by atoms with Crippen molar-refractivity contribution in [3.63, 3.8) is 0 Å². The van der Waals surface area contributed by atoms with Crippen LogP contribution >= 0.6 is 0 Å². The van der Waals surface area contributed by atoms with E-state index in [9.17, 15) is 5.21 Å². The van der Waals surface area contributed by atoms with Gasteiger partial charge in [-0.3, -0.25) is 5.32 Å². The smallest absolute Gasteiger partial charge is 0.392 e. The van der Waals surface area contributed by atoms with Crippen molar-refractivity contribution >= 4 is 5.95 Å². The van der Waals surface area contributed by atoms with Gasteiger partial charge in [-0.1, -0.05) is 17.6 Å². The lowest BCUT2D eigenvalue weighted by atomic mass is 10.6. The first kappa shape index (κ1) is 7.53. The molecule has 1 aromatic rings. The number of hydrogen-bond acceptors (Lipinski definition) is 3. The van der Waals surface area contributed by atoms with Crippen LogP contribution in [0.4, 0.5) is 5.95 Å². The zero-order valence-electron chi connectivity index (χ0n) is 6.03. The molecule has 1 heterocycles. The van der Waals surface area contributed by atoms with Crippen molar-refractivity contribution in [2.45, 2.75) is 0 Å². The molecular formula is C7H9N3O. The van der Waals surface area contributed by atoms with Crippen molar-refractivity contribution in [3.8, 4) is 0 Å². The Labute approximate surface area is 64.8 Å². The van der Waals surface area contributed by atoms with E-state index >= 15 is 0 Å². The van der Waals surface area contributed by atoms with Crippen LogP contribution in [-0.2, 0) is 0 Å². The first-order chi connectivity index (χ1) is 5.34. The van der Waals surface area contributed by atoms with Gasteiger partial charge in [-0.2, -0.15) is 0 Å². The van der Waals surface area contributed by atoms with E-state index in [4.69, 9.17) is 0 Å². The summed E-state index contributed by atoms with van der Waals surface area (Å²) in [6, 6.07) is 1.58. The predicted octanol–water partition coefficient (Wildman–Crippen LogP) is 0.313. The molecule has 0 aliphatic rings. The lowest BCUT2D eigenvalue weighted by Gasteiger charge is -2.04. The molecular weight excluding hydrogens is 142 g/mol. The van der Waals surface area contributed by atoms with Gasteiger partial charge >= 0.3 is 5.95 Å². The second-order valence-electron chi connectivity index (χ2n) is 1.94. The van der Waals surface area contributed by atoms with E-state index in [1.54, 1.807) is 18.3 Å². The normalized spacial score (nSPS) is 9.09. The fraction of sp³-hybridized carbons (Fsp3) is 0.143. The fourth-order valence-corrected chi connectivity index (χ4v) is 0.645. The summed E-state index contributed by atoms with van der Waals surface area (Å²) in [6.07, 6.45) is 4.60. The maximum absolute atomic E-state index is 10.9. The molecule has 4 heteroatoms. The first-order valence-electron chi connectivity index (χ1n) is 3.23. The molecule has 1 rings (SSSR count). The molecule has 0 spiro atoms. The summed E-state index contributed by atoms with van der Waals surface area (Å²) in [6.45, 7) is 4.04. The van der Waals surface area contributed by atoms with Crippen molar-refractivity contribution < 1.29 is 4.73 Å². The second-order valence-corrected chi connectivity index (χ2v) is 1.94. The molecule has 11 heavy (non-hydrogen) atoms. The minimum Gasteiger partial charge on any atom is -0.740 e. The van der Waals surface area contributed by atoms with Crippen LogP contribution in [0.5, 0.6) is 0 Å². The highest BCUT2D eigenvalue weighted by atomic mass is 16.5. The van der Waals surface area contributed by atoms with Gasteiger partial charge in [0.25, 0.3) is 0 Å². The van der Waals surface area contributed by atoms with Gasteiger partial charge in [0, 0.05) is 6.07 Å². The molecule has 0 atom stereocenters. The van der Waals surface area contributed by atoms with Crippen LogP contribution in [0.15, 0.2) is 31.1 Å². The third-order valence-electron chi connectivity index (χ3n) is 1.12. The number of rotatable bonds is 3. The summed E-state index contributed by atoms with van der Waals surface area (Å²) < 4.78 is 0.670. The van der Waals surface area contributed by atoms with Gasteiger partial charge < -0.3 is 5.21 Å². The van der Waals surface area contributed by atoms with Crippen LogP contribution in [0.1, 0.15) is 0 Å². The minimum absolute atomic E-state index is 0.299. The largest absolute Gasteiger partial charge is 0.740 e. The van der Waals surface area contributed by atoms with Crippen molar-refractivity contribution in [3.05, 3.63) is 36.3 Å². The number of nitrogens with one attached hydrogen (secondary N) is 1. The topological polar surface area (TPSA) is 51.9 Å². The summed E-state index contributed by atoms with van der Waals surface area (Å²) in [4.78, 5) is 3.81. The molecule has 0 unspecified atom stereocenters. The van der Waals surface area contributed by atoms with Gasteiger partial charge in [-0.25, -0.2) is 4.73 Å². The van der Waals surface area contributed by atoms with Crippen LogP contribution in [0, 0.1) is 5.21 Å². The Balaban J connectivity index is 2.69. The maximum Gasteiger partial charge on any atom is 0.392 e. The number of anilines is 1. The van der Waals surface area contributed by atoms with Gasteiger partial charge in [-0.15, -0.1) is 0 Å². The molecule has 0 aromatic carbocycles. The van der Waals surface area contributed by atoms with Crippen molar-refractivity contribution in [1.29, 1.82) is 0 Å². The average Bonchev–Trinajstić information content (AvgIpc) is 2.03. The van der Waals surface area contributed by atoms with Crippen molar-refractivity contribution in [1.82, 2.24) is 4.98 Å². The molecule has 0 radical (unpaired) electrons. The number of nitrogens with zero attached hydrogens (tertiary/aromatic N) is 2. The van der Waals surface area contributed by atoms with E-state index in [2.05, 4.69) is 16.9 Å². The summed E-state index contributed by atoms with van der Waals surface area (Å²) in [5, 5.41) is 13.7. The highest BCUT2D eigenvalue weighted by molar-refractivity contribution is 5.16.